The van der Waals surface area contributed by atoms with Crippen molar-refractivity contribution in [3.63, 3.8) is 0 Å². The molecular weight excluding hydrogens is 218 g/mol. The third kappa shape index (κ3) is 4.52. The molecule has 17 heavy (non-hydrogen) atoms. The summed E-state index contributed by atoms with van der Waals surface area (Å²) in [5, 5.41) is 11.7. The maximum atomic E-state index is 8.63. The van der Waals surface area contributed by atoms with Crippen molar-refractivity contribution in [2.45, 2.75) is 38.7 Å². The van der Waals surface area contributed by atoms with Crippen LogP contribution in [0.15, 0.2) is 5.16 Å². The zero-order valence-electron chi connectivity index (χ0n) is 11.1. The smallest absolute Gasteiger partial charge is 0.142 e. The van der Waals surface area contributed by atoms with Crippen molar-refractivity contribution in [3.05, 3.63) is 0 Å². The summed E-state index contributed by atoms with van der Waals surface area (Å²) in [6.45, 7) is 7.29. The van der Waals surface area contributed by atoms with E-state index in [9.17, 15) is 0 Å². The van der Waals surface area contributed by atoms with Crippen LogP contribution in [-0.4, -0.2) is 48.3 Å². The molecule has 0 saturated carbocycles. The highest BCUT2D eigenvalue weighted by molar-refractivity contribution is 5.82. The van der Waals surface area contributed by atoms with Crippen LogP contribution in [-0.2, 0) is 4.74 Å². The quantitative estimate of drug-likeness (QED) is 0.330. The Bertz CT molecular complexity index is 258. The monoisotopic (exact) mass is 243 g/mol. The van der Waals surface area contributed by atoms with E-state index >= 15 is 0 Å². The number of likely N-dealkylation sites (tertiary alicyclic amines) is 1. The number of rotatable bonds is 5. The van der Waals surface area contributed by atoms with Gasteiger partial charge in [-0.3, -0.25) is 0 Å². The van der Waals surface area contributed by atoms with Crippen LogP contribution >= 0.6 is 0 Å². The number of amidine groups is 1. The molecule has 3 N–H and O–H groups in total. The highest BCUT2D eigenvalue weighted by atomic mass is 16.5. The van der Waals surface area contributed by atoms with Gasteiger partial charge in [0.25, 0.3) is 0 Å². The van der Waals surface area contributed by atoms with Crippen LogP contribution in [0.25, 0.3) is 0 Å². The van der Waals surface area contributed by atoms with Crippen molar-refractivity contribution in [1.29, 1.82) is 0 Å². The van der Waals surface area contributed by atoms with E-state index in [2.05, 4.69) is 23.9 Å². The van der Waals surface area contributed by atoms with Crippen LogP contribution in [0.1, 0.15) is 33.1 Å². The second-order valence-electron chi connectivity index (χ2n) is 5.35. The van der Waals surface area contributed by atoms with Crippen LogP contribution in [0.5, 0.6) is 0 Å². The van der Waals surface area contributed by atoms with Crippen LogP contribution in [0.2, 0.25) is 0 Å². The third-order valence-corrected chi connectivity index (χ3v) is 3.70. The maximum absolute atomic E-state index is 8.63. The Morgan fingerprint density at radius 1 is 1.47 bits per heavy atom. The number of oxime groups is 1. The molecule has 0 aliphatic carbocycles. The van der Waals surface area contributed by atoms with E-state index in [1.807, 2.05) is 0 Å². The Morgan fingerprint density at radius 2 is 2.06 bits per heavy atom. The number of piperidine rings is 1. The molecule has 0 unspecified atom stereocenters. The molecule has 5 nitrogen and oxygen atoms in total. The molecule has 0 aromatic carbocycles. The standard InChI is InChI=1S/C12H25N3O2/c1-12(2,17-3)6-9-15-7-4-10(5-8-15)11(13)14-16/h10,16H,4-9H2,1-3H3,(H2,13,14). The fourth-order valence-corrected chi connectivity index (χ4v) is 2.06. The first-order valence-electron chi connectivity index (χ1n) is 6.23. The first kappa shape index (κ1) is 14.3. The number of hydrogen-bond donors (Lipinski definition) is 2. The van der Waals surface area contributed by atoms with Crippen molar-refractivity contribution in [2.24, 2.45) is 16.8 Å². The molecule has 1 saturated heterocycles. The summed E-state index contributed by atoms with van der Waals surface area (Å²) in [6.07, 6.45) is 2.98. The van der Waals surface area contributed by atoms with Gasteiger partial charge in [-0.05, 0) is 46.2 Å². The average molecular weight is 243 g/mol. The van der Waals surface area contributed by atoms with Gasteiger partial charge in [-0.2, -0.15) is 0 Å². The molecular formula is C12H25N3O2. The summed E-state index contributed by atoms with van der Waals surface area (Å²) in [6, 6.07) is 0. The summed E-state index contributed by atoms with van der Waals surface area (Å²) in [5.41, 5.74) is 5.57. The van der Waals surface area contributed by atoms with Gasteiger partial charge in [-0.1, -0.05) is 5.16 Å². The molecule has 0 spiro atoms. The number of methoxy groups -OCH3 is 1. The fraction of sp³-hybridized carbons (Fsp3) is 0.917. The van der Waals surface area contributed by atoms with Gasteiger partial charge in [0.2, 0.25) is 0 Å². The summed E-state index contributed by atoms with van der Waals surface area (Å²) < 4.78 is 5.41. The minimum Gasteiger partial charge on any atom is -0.409 e. The second-order valence-corrected chi connectivity index (χ2v) is 5.35. The molecule has 0 bridgehead atoms. The van der Waals surface area contributed by atoms with Gasteiger partial charge in [0.1, 0.15) is 5.84 Å². The van der Waals surface area contributed by atoms with E-state index in [4.69, 9.17) is 15.7 Å². The Hall–Kier alpha value is -0.810. The SMILES string of the molecule is COC(C)(C)CCN1CCC(C(N)=NO)CC1. The van der Waals surface area contributed by atoms with Crippen molar-refractivity contribution < 1.29 is 9.94 Å². The van der Waals surface area contributed by atoms with Gasteiger partial charge in [0.05, 0.1) is 5.60 Å². The fourth-order valence-electron chi connectivity index (χ4n) is 2.06. The van der Waals surface area contributed by atoms with Crippen molar-refractivity contribution in [1.82, 2.24) is 4.90 Å². The molecule has 0 radical (unpaired) electrons. The molecule has 100 valence electrons. The molecule has 1 aliphatic heterocycles. The minimum atomic E-state index is -0.0531. The lowest BCUT2D eigenvalue weighted by molar-refractivity contribution is 0.00556. The minimum absolute atomic E-state index is 0.0531. The Kier molecular flexibility index (Phi) is 5.21. The summed E-state index contributed by atoms with van der Waals surface area (Å²) in [7, 11) is 1.75. The summed E-state index contributed by atoms with van der Waals surface area (Å²) in [4.78, 5) is 2.42. The van der Waals surface area contributed by atoms with Crippen molar-refractivity contribution >= 4 is 5.84 Å². The molecule has 1 heterocycles. The third-order valence-electron chi connectivity index (χ3n) is 3.70. The largest absolute Gasteiger partial charge is 0.409 e. The van der Waals surface area contributed by atoms with Gasteiger partial charge < -0.3 is 20.6 Å². The Labute approximate surface area is 104 Å². The van der Waals surface area contributed by atoms with Crippen LogP contribution in [0.4, 0.5) is 0 Å². The molecule has 1 rings (SSSR count). The van der Waals surface area contributed by atoms with E-state index in [-0.39, 0.29) is 11.5 Å². The predicted octanol–water partition coefficient (Wildman–Crippen LogP) is 1.26. The van der Waals surface area contributed by atoms with Gasteiger partial charge in [-0.15, -0.1) is 0 Å². The van der Waals surface area contributed by atoms with E-state index in [0.717, 1.165) is 38.9 Å². The highest BCUT2D eigenvalue weighted by Gasteiger charge is 2.24. The normalized spacial score (nSPS) is 20.8. The molecule has 5 heteroatoms. The molecule has 1 aliphatic rings. The van der Waals surface area contributed by atoms with Gasteiger partial charge in [-0.25, -0.2) is 0 Å². The lowest BCUT2D eigenvalue weighted by atomic mass is 9.95. The zero-order chi connectivity index (χ0) is 12.9. The molecule has 0 atom stereocenters. The predicted molar refractivity (Wildman–Crippen MR) is 68.3 cm³/mol. The summed E-state index contributed by atoms with van der Waals surface area (Å²) >= 11 is 0. The molecule has 0 amide bonds. The van der Waals surface area contributed by atoms with Crippen molar-refractivity contribution in [2.75, 3.05) is 26.7 Å². The lowest BCUT2D eigenvalue weighted by Crippen LogP contribution is -2.40. The van der Waals surface area contributed by atoms with Crippen LogP contribution in [0, 0.1) is 5.92 Å². The molecule has 0 aromatic rings. The molecule has 1 fully saturated rings. The summed E-state index contributed by atoms with van der Waals surface area (Å²) in [5.74, 6) is 0.619. The number of nitrogens with zero attached hydrogens (tertiary/aromatic N) is 2. The van der Waals surface area contributed by atoms with Crippen molar-refractivity contribution in [3.8, 4) is 0 Å². The maximum Gasteiger partial charge on any atom is 0.142 e. The van der Waals surface area contributed by atoms with E-state index in [1.54, 1.807) is 7.11 Å². The van der Waals surface area contributed by atoms with E-state index in [1.165, 1.54) is 0 Å². The lowest BCUT2D eigenvalue weighted by Gasteiger charge is -2.33. The average Bonchev–Trinajstić information content (AvgIpc) is 2.36. The Morgan fingerprint density at radius 3 is 2.53 bits per heavy atom. The van der Waals surface area contributed by atoms with Crippen LogP contribution < -0.4 is 5.73 Å². The second kappa shape index (κ2) is 6.21. The van der Waals surface area contributed by atoms with Gasteiger partial charge in [0, 0.05) is 19.6 Å². The first-order valence-corrected chi connectivity index (χ1v) is 6.23. The molecule has 0 aromatic heterocycles. The zero-order valence-corrected chi connectivity index (χ0v) is 11.1. The number of hydrogen-bond acceptors (Lipinski definition) is 4. The van der Waals surface area contributed by atoms with E-state index < -0.39 is 0 Å². The Balaban J connectivity index is 2.28. The van der Waals surface area contributed by atoms with Gasteiger partial charge in [0.15, 0.2) is 0 Å². The topological polar surface area (TPSA) is 71.1 Å². The van der Waals surface area contributed by atoms with Crippen LogP contribution in [0.3, 0.4) is 0 Å². The number of ether oxygens (including phenoxy) is 1. The van der Waals surface area contributed by atoms with Gasteiger partial charge >= 0.3 is 0 Å². The first-order chi connectivity index (χ1) is 7.98. The number of nitrogens with two attached hydrogens (primary N) is 1. The van der Waals surface area contributed by atoms with E-state index in [0.29, 0.717) is 5.84 Å². The highest BCUT2D eigenvalue weighted by Crippen LogP contribution is 2.20.